The average Bonchev–Trinajstić information content (AvgIpc) is 2.65. The van der Waals surface area contributed by atoms with Gasteiger partial charge in [-0.2, -0.15) is 0 Å². The Morgan fingerprint density at radius 2 is 0.920 bits per heavy atom. The molecule has 0 aliphatic heterocycles. The third-order valence-corrected chi connectivity index (χ3v) is 7.47. The Balaban J connectivity index is 3.21. The number of ether oxygens (including phenoxy) is 2. The van der Waals surface area contributed by atoms with Crippen LogP contribution in [-0.4, -0.2) is 57.1 Å². The molecule has 0 amide bonds. The fourth-order valence-electron chi connectivity index (χ4n) is 2.94. The Morgan fingerprint density at radius 1 is 0.480 bits per heavy atom. The van der Waals surface area contributed by atoms with E-state index in [1.807, 2.05) is 0 Å². The minimum atomic E-state index is -2.34. The first-order valence-electron chi connectivity index (χ1n) is 9.96. The SMILES string of the molecule is COCCOCCCCCCCCCCCCC[Si](OC)(OC)OC. The molecule has 0 bridgehead atoms. The lowest BCUT2D eigenvalue weighted by Gasteiger charge is -2.24. The normalized spacial score (nSPS) is 12.0. The molecule has 0 radical (unpaired) electrons. The minimum absolute atomic E-state index is 0.702. The summed E-state index contributed by atoms with van der Waals surface area (Å²) in [5.41, 5.74) is 0. The zero-order valence-corrected chi connectivity index (χ0v) is 18.1. The van der Waals surface area contributed by atoms with Crippen LogP contribution in [0.5, 0.6) is 0 Å². The monoisotopic (exact) mass is 378 g/mol. The molecule has 0 aromatic rings. The van der Waals surface area contributed by atoms with E-state index in [4.69, 9.17) is 22.8 Å². The molecular weight excluding hydrogens is 336 g/mol. The number of methoxy groups -OCH3 is 1. The van der Waals surface area contributed by atoms with E-state index in [1.165, 1.54) is 64.2 Å². The van der Waals surface area contributed by atoms with Gasteiger partial charge in [0.15, 0.2) is 0 Å². The van der Waals surface area contributed by atoms with Crippen LogP contribution < -0.4 is 0 Å². The summed E-state index contributed by atoms with van der Waals surface area (Å²) < 4.78 is 26.7. The summed E-state index contributed by atoms with van der Waals surface area (Å²) in [6.07, 6.45) is 14.3. The summed E-state index contributed by atoms with van der Waals surface area (Å²) in [6.45, 7) is 2.30. The molecule has 0 saturated carbocycles. The van der Waals surface area contributed by atoms with Gasteiger partial charge in [-0.25, -0.2) is 0 Å². The van der Waals surface area contributed by atoms with Crippen molar-refractivity contribution in [1.82, 2.24) is 0 Å². The van der Waals surface area contributed by atoms with Crippen molar-refractivity contribution in [2.45, 2.75) is 76.7 Å². The molecule has 0 N–H and O–H groups in total. The average molecular weight is 379 g/mol. The summed E-state index contributed by atoms with van der Waals surface area (Å²) in [4.78, 5) is 0. The predicted octanol–water partition coefficient (Wildman–Crippen LogP) is 4.82. The van der Waals surface area contributed by atoms with Crippen LogP contribution in [0.2, 0.25) is 6.04 Å². The molecule has 25 heavy (non-hydrogen) atoms. The molecule has 5 nitrogen and oxygen atoms in total. The quantitative estimate of drug-likeness (QED) is 0.224. The van der Waals surface area contributed by atoms with Gasteiger partial charge in [-0.1, -0.05) is 57.8 Å². The Bertz CT molecular complexity index is 254. The molecule has 0 spiro atoms. The van der Waals surface area contributed by atoms with Crippen LogP contribution in [0.4, 0.5) is 0 Å². The van der Waals surface area contributed by atoms with Gasteiger partial charge in [0.25, 0.3) is 0 Å². The lowest BCUT2D eigenvalue weighted by atomic mass is 10.1. The lowest BCUT2D eigenvalue weighted by Crippen LogP contribution is -2.42. The van der Waals surface area contributed by atoms with Crippen molar-refractivity contribution in [1.29, 1.82) is 0 Å². The van der Waals surface area contributed by atoms with Gasteiger partial charge in [0.2, 0.25) is 0 Å². The highest BCUT2D eigenvalue weighted by Crippen LogP contribution is 2.18. The van der Waals surface area contributed by atoms with Gasteiger partial charge in [0.1, 0.15) is 0 Å². The molecule has 0 heterocycles. The lowest BCUT2D eigenvalue weighted by molar-refractivity contribution is 0.0685. The van der Waals surface area contributed by atoms with E-state index < -0.39 is 8.80 Å². The van der Waals surface area contributed by atoms with Crippen LogP contribution in [-0.2, 0) is 22.8 Å². The first-order chi connectivity index (χ1) is 12.2. The van der Waals surface area contributed by atoms with E-state index in [0.29, 0.717) is 6.61 Å². The second kappa shape index (κ2) is 18.8. The molecule has 0 saturated heterocycles. The zero-order valence-electron chi connectivity index (χ0n) is 17.1. The molecule has 0 aliphatic rings. The first-order valence-corrected chi connectivity index (χ1v) is 11.9. The van der Waals surface area contributed by atoms with Crippen molar-refractivity contribution in [3.63, 3.8) is 0 Å². The number of hydrogen-bond donors (Lipinski definition) is 0. The molecule has 0 unspecified atom stereocenters. The largest absolute Gasteiger partial charge is 0.500 e. The standard InChI is InChI=1S/C19H42O5Si/c1-20-17-18-24-16-14-12-10-8-6-5-7-9-11-13-15-19-25(21-2,22-3)23-4/h5-19H2,1-4H3. The zero-order chi connectivity index (χ0) is 18.6. The third kappa shape index (κ3) is 14.8. The van der Waals surface area contributed by atoms with Crippen LogP contribution in [0.15, 0.2) is 0 Å². The molecular formula is C19H42O5Si. The fourth-order valence-corrected chi connectivity index (χ4v) is 4.73. The maximum absolute atomic E-state index is 5.46. The summed E-state index contributed by atoms with van der Waals surface area (Å²) >= 11 is 0. The van der Waals surface area contributed by atoms with E-state index >= 15 is 0 Å². The van der Waals surface area contributed by atoms with Gasteiger partial charge < -0.3 is 22.8 Å². The predicted molar refractivity (Wildman–Crippen MR) is 105 cm³/mol. The van der Waals surface area contributed by atoms with Crippen molar-refractivity contribution >= 4 is 8.80 Å². The highest BCUT2D eigenvalue weighted by molar-refractivity contribution is 6.60. The smallest absolute Gasteiger partial charge is 0.382 e. The van der Waals surface area contributed by atoms with E-state index in [-0.39, 0.29) is 0 Å². The second-order valence-corrected chi connectivity index (χ2v) is 9.63. The van der Waals surface area contributed by atoms with Crippen LogP contribution in [0.25, 0.3) is 0 Å². The summed E-state index contributed by atoms with van der Waals surface area (Å²) in [5, 5.41) is 0. The molecule has 0 fully saturated rings. The Labute approximate surface area is 157 Å². The van der Waals surface area contributed by atoms with E-state index in [2.05, 4.69) is 0 Å². The minimum Gasteiger partial charge on any atom is -0.382 e. The van der Waals surface area contributed by atoms with E-state index in [0.717, 1.165) is 25.7 Å². The number of rotatable bonds is 20. The van der Waals surface area contributed by atoms with Gasteiger partial charge >= 0.3 is 8.80 Å². The van der Waals surface area contributed by atoms with Gasteiger partial charge in [0, 0.05) is 41.1 Å². The van der Waals surface area contributed by atoms with Crippen LogP contribution in [0.1, 0.15) is 70.6 Å². The molecule has 0 atom stereocenters. The Hall–Kier alpha value is 0.0169. The molecule has 0 rings (SSSR count). The molecule has 152 valence electrons. The number of hydrogen-bond acceptors (Lipinski definition) is 5. The molecule has 6 heteroatoms. The Morgan fingerprint density at radius 3 is 1.36 bits per heavy atom. The maximum atomic E-state index is 5.46. The first kappa shape index (κ1) is 25.0. The topological polar surface area (TPSA) is 46.2 Å². The van der Waals surface area contributed by atoms with Gasteiger partial charge in [-0.05, 0) is 12.8 Å². The van der Waals surface area contributed by atoms with Gasteiger partial charge in [-0.15, -0.1) is 0 Å². The van der Waals surface area contributed by atoms with E-state index in [9.17, 15) is 0 Å². The summed E-state index contributed by atoms with van der Waals surface area (Å²) in [7, 11) is 4.43. The number of unbranched alkanes of at least 4 members (excludes halogenated alkanes) is 10. The highest BCUT2D eigenvalue weighted by Gasteiger charge is 2.36. The molecule has 0 aromatic heterocycles. The van der Waals surface area contributed by atoms with Crippen molar-refractivity contribution in [2.75, 3.05) is 48.3 Å². The van der Waals surface area contributed by atoms with Crippen molar-refractivity contribution in [3.05, 3.63) is 0 Å². The van der Waals surface area contributed by atoms with Crippen LogP contribution in [0, 0.1) is 0 Å². The maximum Gasteiger partial charge on any atom is 0.500 e. The summed E-state index contributed by atoms with van der Waals surface area (Å²) in [5.74, 6) is 0. The van der Waals surface area contributed by atoms with Crippen LogP contribution >= 0.6 is 0 Å². The fraction of sp³-hybridized carbons (Fsp3) is 1.00. The highest BCUT2D eigenvalue weighted by atomic mass is 28.4. The van der Waals surface area contributed by atoms with Crippen molar-refractivity contribution in [3.8, 4) is 0 Å². The van der Waals surface area contributed by atoms with Gasteiger partial charge in [-0.3, -0.25) is 0 Å². The molecule has 0 aliphatic carbocycles. The molecule has 0 aromatic carbocycles. The Kier molecular flexibility index (Phi) is 18.8. The van der Waals surface area contributed by atoms with Crippen LogP contribution in [0.3, 0.4) is 0 Å². The van der Waals surface area contributed by atoms with Crippen molar-refractivity contribution in [2.24, 2.45) is 0 Å². The summed E-state index contributed by atoms with van der Waals surface area (Å²) in [6, 6.07) is 0.922. The second-order valence-electron chi connectivity index (χ2n) is 6.54. The van der Waals surface area contributed by atoms with Gasteiger partial charge in [0.05, 0.1) is 13.2 Å². The van der Waals surface area contributed by atoms with Crippen molar-refractivity contribution < 1.29 is 22.8 Å². The van der Waals surface area contributed by atoms with E-state index in [1.54, 1.807) is 28.4 Å². The third-order valence-electron chi connectivity index (χ3n) is 4.64.